The lowest BCUT2D eigenvalue weighted by molar-refractivity contribution is -0.0427. The van der Waals surface area contributed by atoms with Crippen LogP contribution in [0.2, 0.25) is 0 Å². The first-order chi connectivity index (χ1) is 9.43. The van der Waals surface area contributed by atoms with Crippen molar-refractivity contribution in [1.29, 1.82) is 0 Å². The number of rotatable bonds is 4. The van der Waals surface area contributed by atoms with Crippen molar-refractivity contribution in [2.24, 2.45) is 11.2 Å². The third-order valence-electron chi connectivity index (χ3n) is 2.92. The molecule has 0 bridgehead atoms. The molecule has 2 rings (SSSR count). The minimum absolute atomic E-state index is 0.0742. The lowest BCUT2D eigenvalue weighted by Gasteiger charge is -2.21. The van der Waals surface area contributed by atoms with Gasteiger partial charge >= 0.3 is 5.69 Å². The van der Waals surface area contributed by atoms with E-state index in [9.17, 15) is 9.90 Å². The summed E-state index contributed by atoms with van der Waals surface area (Å²) < 4.78 is 11.7. The zero-order valence-electron chi connectivity index (χ0n) is 10.4. The highest BCUT2D eigenvalue weighted by Crippen LogP contribution is 2.35. The van der Waals surface area contributed by atoms with E-state index in [4.69, 9.17) is 31.1 Å². The molecule has 112 valence electrons. The van der Waals surface area contributed by atoms with E-state index in [2.05, 4.69) is 4.98 Å². The van der Waals surface area contributed by atoms with Gasteiger partial charge < -0.3 is 30.7 Å². The van der Waals surface area contributed by atoms with Gasteiger partial charge in [0.05, 0.1) is 12.6 Å². The summed E-state index contributed by atoms with van der Waals surface area (Å²) in [5.41, 5.74) is 15.9. The first kappa shape index (κ1) is 15.3. The molecule has 10 nitrogen and oxygen atoms in total. The maximum atomic E-state index is 11.8. The lowest BCUT2D eigenvalue weighted by atomic mass is 10.1. The first-order valence-corrected chi connectivity index (χ1v) is 6.99. The van der Waals surface area contributed by atoms with Gasteiger partial charge in [0.2, 0.25) is 0 Å². The zero-order valence-corrected chi connectivity index (χ0v) is 11.3. The third-order valence-corrected chi connectivity index (χ3v) is 3.38. The summed E-state index contributed by atoms with van der Waals surface area (Å²) in [5.74, 6) is 0.0742. The molecule has 0 radical (unpaired) electrons. The monoisotopic (exact) mass is 305 g/mol. The van der Waals surface area contributed by atoms with Crippen molar-refractivity contribution in [2.45, 2.75) is 24.5 Å². The third kappa shape index (κ3) is 2.96. The topological polar surface area (TPSA) is 172 Å². The molecule has 0 amide bonds. The summed E-state index contributed by atoms with van der Waals surface area (Å²) in [6, 6.07) is 0.609. The van der Waals surface area contributed by atoms with E-state index >= 15 is 0 Å². The second-order valence-corrected chi connectivity index (χ2v) is 5.06. The Bertz CT molecular complexity index is 526. The number of hydrogen-bond acceptors (Lipinski definition) is 9. The number of ether oxygens (including phenoxy) is 1. The highest BCUT2D eigenvalue weighted by Gasteiger charge is 2.45. The Morgan fingerprint density at radius 1 is 1.60 bits per heavy atom. The van der Waals surface area contributed by atoms with Crippen molar-refractivity contribution in [2.75, 3.05) is 12.3 Å². The molecule has 1 aliphatic rings. The lowest BCUT2D eigenvalue weighted by Crippen LogP contribution is -2.43. The Hall–Kier alpha value is -1.13. The fourth-order valence-electron chi connectivity index (χ4n) is 2.04. The standard InChI is InChI=1S/C9H16N5O5P/c10-5-1-2-14(9(16)13-5)8-6(11)7(19-20(12)17)4(3-15)18-8/h1-2,4,6-8,15,17H,3,11-12H2,(H2,10,13,16)/t4-,6?,7-,8-,20?/m1/s1. The molecule has 1 aliphatic heterocycles. The zero-order chi connectivity index (χ0) is 14.9. The fourth-order valence-corrected chi connectivity index (χ4v) is 2.56. The molecule has 2 heterocycles. The van der Waals surface area contributed by atoms with Crippen LogP contribution in [0, 0.1) is 0 Å². The smallest absolute Gasteiger partial charge is 0.351 e. The summed E-state index contributed by atoms with van der Waals surface area (Å²) in [5, 5.41) is 9.25. The number of nitrogens with zero attached hydrogens (tertiary/aromatic N) is 2. The van der Waals surface area contributed by atoms with Crippen molar-refractivity contribution >= 4 is 14.3 Å². The van der Waals surface area contributed by atoms with Gasteiger partial charge in [0.25, 0.3) is 8.53 Å². The molecular formula is C9H16N5O5P. The second kappa shape index (κ2) is 6.10. The fraction of sp³-hybridized carbons (Fsp3) is 0.556. The van der Waals surface area contributed by atoms with Crippen LogP contribution in [0.3, 0.4) is 0 Å². The Morgan fingerprint density at radius 3 is 2.85 bits per heavy atom. The molecule has 0 saturated carbocycles. The SMILES string of the molecule is Nc1ccn([C@@H]2O[C@H](CO)[C@@H](OP(N)O)C2N)c(=O)n1. The number of nitrogen functional groups attached to an aromatic ring is 1. The quantitative estimate of drug-likeness (QED) is 0.380. The molecule has 0 spiro atoms. The van der Waals surface area contributed by atoms with Crippen molar-refractivity contribution < 1.29 is 19.3 Å². The summed E-state index contributed by atoms with van der Waals surface area (Å²) >= 11 is 0. The molecule has 2 unspecified atom stereocenters. The van der Waals surface area contributed by atoms with E-state index in [0.717, 1.165) is 4.57 Å². The Kier molecular flexibility index (Phi) is 4.66. The molecule has 20 heavy (non-hydrogen) atoms. The van der Waals surface area contributed by atoms with Crippen LogP contribution in [-0.2, 0) is 9.26 Å². The predicted molar refractivity (Wildman–Crippen MR) is 70.1 cm³/mol. The van der Waals surface area contributed by atoms with Gasteiger partial charge in [-0.05, 0) is 6.07 Å². The van der Waals surface area contributed by atoms with Crippen molar-refractivity contribution in [3.63, 3.8) is 0 Å². The minimum Gasteiger partial charge on any atom is -0.394 e. The summed E-state index contributed by atoms with van der Waals surface area (Å²) in [4.78, 5) is 24.4. The number of hydrogen-bond donors (Lipinski definition) is 5. The first-order valence-electron chi connectivity index (χ1n) is 5.71. The normalized spacial score (nSPS) is 31.4. The molecule has 1 aromatic rings. The van der Waals surface area contributed by atoms with Gasteiger partial charge in [-0.2, -0.15) is 4.98 Å². The van der Waals surface area contributed by atoms with E-state index in [1.807, 2.05) is 0 Å². The number of anilines is 1. The van der Waals surface area contributed by atoms with Crippen LogP contribution >= 0.6 is 8.53 Å². The number of aliphatic hydroxyl groups excluding tert-OH is 1. The van der Waals surface area contributed by atoms with Crippen LogP contribution in [0.5, 0.6) is 0 Å². The van der Waals surface area contributed by atoms with Gasteiger partial charge in [0.1, 0.15) is 18.0 Å². The van der Waals surface area contributed by atoms with Gasteiger partial charge in [0.15, 0.2) is 6.23 Å². The predicted octanol–water partition coefficient (Wildman–Crippen LogP) is -2.39. The van der Waals surface area contributed by atoms with E-state index in [1.54, 1.807) is 0 Å². The summed E-state index contributed by atoms with van der Waals surface area (Å²) in [7, 11) is -2.17. The maximum Gasteiger partial charge on any atom is 0.351 e. The highest BCUT2D eigenvalue weighted by molar-refractivity contribution is 7.43. The minimum atomic E-state index is -2.17. The molecule has 0 aromatic carbocycles. The second-order valence-electron chi connectivity index (χ2n) is 4.24. The molecule has 8 N–H and O–H groups in total. The van der Waals surface area contributed by atoms with Crippen LogP contribution in [-0.4, -0.2) is 44.4 Å². The number of aliphatic hydroxyl groups is 1. The molecule has 0 aliphatic carbocycles. The van der Waals surface area contributed by atoms with Gasteiger partial charge in [-0.3, -0.25) is 10.1 Å². The Morgan fingerprint density at radius 2 is 2.30 bits per heavy atom. The van der Waals surface area contributed by atoms with Crippen molar-refractivity contribution in [3.8, 4) is 0 Å². The van der Waals surface area contributed by atoms with Crippen molar-refractivity contribution in [3.05, 3.63) is 22.7 Å². The number of nitrogens with two attached hydrogens (primary N) is 3. The van der Waals surface area contributed by atoms with E-state index in [0.29, 0.717) is 0 Å². The van der Waals surface area contributed by atoms with Gasteiger partial charge in [0, 0.05) is 6.20 Å². The van der Waals surface area contributed by atoms with Crippen LogP contribution in [0.25, 0.3) is 0 Å². The molecule has 1 aromatic heterocycles. The summed E-state index contributed by atoms with van der Waals surface area (Å²) in [6.45, 7) is -0.394. The van der Waals surface area contributed by atoms with Crippen molar-refractivity contribution in [1.82, 2.24) is 9.55 Å². The average Bonchev–Trinajstić information content (AvgIpc) is 2.67. The van der Waals surface area contributed by atoms with E-state index in [1.165, 1.54) is 12.3 Å². The Balaban J connectivity index is 2.27. The van der Waals surface area contributed by atoms with E-state index in [-0.39, 0.29) is 5.82 Å². The van der Waals surface area contributed by atoms with Crippen LogP contribution in [0.15, 0.2) is 17.1 Å². The van der Waals surface area contributed by atoms with Crippen LogP contribution in [0.1, 0.15) is 6.23 Å². The van der Waals surface area contributed by atoms with Crippen LogP contribution < -0.4 is 22.7 Å². The summed E-state index contributed by atoms with van der Waals surface area (Å²) in [6.07, 6.45) is -1.15. The molecule has 5 atom stereocenters. The maximum absolute atomic E-state index is 11.8. The molecule has 1 saturated heterocycles. The van der Waals surface area contributed by atoms with E-state index < -0.39 is 45.3 Å². The largest absolute Gasteiger partial charge is 0.394 e. The number of aromatic nitrogens is 2. The molecular weight excluding hydrogens is 289 g/mol. The average molecular weight is 305 g/mol. The van der Waals surface area contributed by atoms with Gasteiger partial charge in [-0.15, -0.1) is 0 Å². The van der Waals surface area contributed by atoms with Gasteiger partial charge in [-0.1, -0.05) is 0 Å². The molecule has 11 heteroatoms. The highest BCUT2D eigenvalue weighted by atomic mass is 31.2. The van der Waals surface area contributed by atoms with Crippen LogP contribution in [0.4, 0.5) is 5.82 Å². The molecule has 1 fully saturated rings. The van der Waals surface area contributed by atoms with Gasteiger partial charge in [-0.25, -0.2) is 4.79 Å². The Labute approximate surface area is 115 Å².